The van der Waals surface area contributed by atoms with Gasteiger partial charge in [0.25, 0.3) is 0 Å². The van der Waals surface area contributed by atoms with Gasteiger partial charge in [0, 0.05) is 28.5 Å². The van der Waals surface area contributed by atoms with Crippen molar-refractivity contribution in [3.05, 3.63) is 98.4 Å². The molecule has 11 heteroatoms. The fourth-order valence-corrected chi connectivity index (χ4v) is 6.85. The van der Waals surface area contributed by atoms with E-state index in [0.717, 1.165) is 58.3 Å². The van der Waals surface area contributed by atoms with E-state index in [1.165, 1.54) is 23.1 Å². The van der Waals surface area contributed by atoms with Gasteiger partial charge in [-0.25, -0.2) is 8.42 Å². The van der Waals surface area contributed by atoms with E-state index in [2.05, 4.69) is 21.2 Å². The Hall–Kier alpha value is -2.59. The Balaban J connectivity index is 1.73. The number of anilines is 1. The van der Waals surface area contributed by atoms with Gasteiger partial charge >= 0.3 is 0 Å². The zero-order valence-corrected chi connectivity index (χ0v) is 27.2. The highest BCUT2D eigenvalue weighted by molar-refractivity contribution is 9.10. The third-order valence-electron chi connectivity index (χ3n) is 7.35. The molecule has 2 amide bonds. The summed E-state index contributed by atoms with van der Waals surface area (Å²) in [5.74, 6) is -0.791. The summed E-state index contributed by atoms with van der Waals surface area (Å²) >= 11 is 15.9. The first-order valence-corrected chi connectivity index (χ1v) is 17.2. The van der Waals surface area contributed by atoms with Crippen molar-refractivity contribution in [3.63, 3.8) is 0 Å². The number of amides is 2. The summed E-state index contributed by atoms with van der Waals surface area (Å²) in [7, 11) is -3.94. The Morgan fingerprint density at radius 2 is 1.62 bits per heavy atom. The first-order chi connectivity index (χ1) is 20.0. The Bertz CT molecular complexity index is 1480. The molecular formula is C31H34BrCl2N3O4S. The Morgan fingerprint density at radius 3 is 2.24 bits per heavy atom. The molecule has 3 aromatic rings. The maximum atomic E-state index is 14.2. The third-order valence-corrected chi connectivity index (χ3v) is 9.54. The molecular weight excluding hydrogens is 661 g/mol. The molecule has 0 heterocycles. The number of nitrogens with zero attached hydrogens (tertiary/aromatic N) is 2. The minimum Gasteiger partial charge on any atom is -0.352 e. The minimum atomic E-state index is -3.94. The van der Waals surface area contributed by atoms with Gasteiger partial charge in [-0.3, -0.25) is 13.9 Å². The van der Waals surface area contributed by atoms with Gasteiger partial charge in [0.1, 0.15) is 12.6 Å². The molecule has 7 nitrogen and oxygen atoms in total. The van der Waals surface area contributed by atoms with Crippen LogP contribution >= 0.6 is 39.1 Å². The molecule has 1 atom stereocenters. The van der Waals surface area contributed by atoms with Crippen LogP contribution in [-0.4, -0.2) is 50.0 Å². The fraction of sp³-hybridized carbons (Fsp3) is 0.355. The summed E-state index contributed by atoms with van der Waals surface area (Å²) < 4.78 is 27.8. The average molecular weight is 696 g/mol. The van der Waals surface area contributed by atoms with Crippen molar-refractivity contribution in [1.29, 1.82) is 0 Å². The van der Waals surface area contributed by atoms with Crippen molar-refractivity contribution in [2.75, 3.05) is 17.1 Å². The molecule has 4 rings (SSSR count). The first-order valence-electron chi connectivity index (χ1n) is 13.8. The Labute approximate surface area is 266 Å². The Kier molecular flexibility index (Phi) is 11.3. The predicted molar refractivity (Wildman–Crippen MR) is 172 cm³/mol. The standard InChI is InChI=1S/C31H34BrCl2N3O4S/c1-42(40,41)37(28-17-16-25(33)19-27(28)34)21-30(38)36(20-23-12-14-24(32)15-13-23)29(18-22-8-4-2-5-9-22)31(39)35-26-10-6-3-7-11-26/h2,4-5,8-9,12-17,19,26,29H,3,6-7,10-11,18,20-21H2,1H3,(H,35,39). The van der Waals surface area contributed by atoms with Crippen molar-refractivity contribution in [2.45, 2.75) is 57.2 Å². The molecule has 224 valence electrons. The van der Waals surface area contributed by atoms with Gasteiger partial charge < -0.3 is 10.2 Å². The van der Waals surface area contributed by atoms with Crippen LogP contribution in [0.1, 0.15) is 43.2 Å². The van der Waals surface area contributed by atoms with Crippen LogP contribution in [0.3, 0.4) is 0 Å². The van der Waals surface area contributed by atoms with Crippen molar-refractivity contribution >= 4 is 66.7 Å². The molecule has 0 saturated heterocycles. The first kappa shape index (κ1) is 32.3. The van der Waals surface area contributed by atoms with Crippen LogP contribution in [0.2, 0.25) is 10.0 Å². The second-order valence-corrected chi connectivity index (χ2v) is 14.2. The zero-order chi connectivity index (χ0) is 30.3. The Morgan fingerprint density at radius 1 is 0.952 bits per heavy atom. The smallest absolute Gasteiger partial charge is 0.244 e. The third kappa shape index (κ3) is 8.96. The normalized spacial score (nSPS) is 14.7. The fourth-order valence-electron chi connectivity index (χ4n) is 5.16. The van der Waals surface area contributed by atoms with E-state index in [4.69, 9.17) is 23.2 Å². The van der Waals surface area contributed by atoms with Crippen LogP contribution in [0.5, 0.6) is 0 Å². The van der Waals surface area contributed by atoms with Crippen LogP contribution < -0.4 is 9.62 Å². The lowest BCUT2D eigenvalue weighted by Gasteiger charge is -2.35. The molecule has 0 spiro atoms. The largest absolute Gasteiger partial charge is 0.352 e. The van der Waals surface area contributed by atoms with Crippen LogP contribution in [0, 0.1) is 0 Å². The van der Waals surface area contributed by atoms with E-state index in [9.17, 15) is 18.0 Å². The number of sulfonamides is 1. The number of benzene rings is 3. The lowest BCUT2D eigenvalue weighted by Crippen LogP contribution is -2.55. The molecule has 1 aliphatic rings. The van der Waals surface area contributed by atoms with Gasteiger partial charge in [-0.2, -0.15) is 0 Å². The summed E-state index contributed by atoms with van der Waals surface area (Å²) in [5, 5.41) is 3.62. The zero-order valence-electron chi connectivity index (χ0n) is 23.3. The molecule has 1 unspecified atom stereocenters. The molecule has 0 bridgehead atoms. The van der Waals surface area contributed by atoms with Crippen LogP contribution in [0.25, 0.3) is 0 Å². The van der Waals surface area contributed by atoms with Crippen LogP contribution in [-0.2, 0) is 32.6 Å². The second-order valence-electron chi connectivity index (χ2n) is 10.6. The maximum absolute atomic E-state index is 14.2. The summed E-state index contributed by atoms with van der Waals surface area (Å²) in [4.78, 5) is 29.7. The van der Waals surface area contributed by atoms with Gasteiger partial charge in [0.05, 0.1) is 17.0 Å². The summed E-state index contributed by atoms with van der Waals surface area (Å²) in [5.41, 5.74) is 1.81. The number of hydrogen-bond acceptors (Lipinski definition) is 4. The maximum Gasteiger partial charge on any atom is 0.244 e. The van der Waals surface area contributed by atoms with E-state index < -0.39 is 28.5 Å². The van der Waals surface area contributed by atoms with Crippen molar-refractivity contribution < 1.29 is 18.0 Å². The number of rotatable bonds is 11. The summed E-state index contributed by atoms with van der Waals surface area (Å²) in [6.45, 7) is -0.438. The summed E-state index contributed by atoms with van der Waals surface area (Å²) in [6, 6.07) is 20.5. The van der Waals surface area contributed by atoms with Crippen LogP contribution in [0.15, 0.2) is 77.3 Å². The van der Waals surface area contributed by atoms with Gasteiger partial charge in [-0.15, -0.1) is 0 Å². The lowest BCUT2D eigenvalue weighted by atomic mass is 9.94. The van der Waals surface area contributed by atoms with E-state index in [1.54, 1.807) is 0 Å². The van der Waals surface area contributed by atoms with E-state index in [1.807, 2.05) is 54.6 Å². The molecule has 3 aromatic carbocycles. The number of carbonyl (C=O) groups excluding carboxylic acids is 2. The topological polar surface area (TPSA) is 86.8 Å². The lowest BCUT2D eigenvalue weighted by molar-refractivity contribution is -0.140. The molecule has 0 radical (unpaired) electrons. The molecule has 0 aliphatic heterocycles. The molecule has 1 fully saturated rings. The van der Waals surface area contributed by atoms with Crippen molar-refractivity contribution in [2.24, 2.45) is 0 Å². The second kappa shape index (κ2) is 14.7. The van der Waals surface area contributed by atoms with E-state index in [-0.39, 0.29) is 35.6 Å². The molecule has 1 aliphatic carbocycles. The molecule has 1 saturated carbocycles. The van der Waals surface area contributed by atoms with Crippen molar-refractivity contribution in [1.82, 2.24) is 10.2 Å². The quantitative estimate of drug-likeness (QED) is 0.245. The number of nitrogens with one attached hydrogen (secondary N) is 1. The van der Waals surface area contributed by atoms with E-state index in [0.29, 0.717) is 5.02 Å². The van der Waals surface area contributed by atoms with E-state index >= 15 is 0 Å². The highest BCUT2D eigenvalue weighted by Crippen LogP contribution is 2.31. The number of halogens is 3. The van der Waals surface area contributed by atoms with Gasteiger partial charge in [0.2, 0.25) is 21.8 Å². The van der Waals surface area contributed by atoms with Gasteiger partial charge in [0.15, 0.2) is 0 Å². The van der Waals surface area contributed by atoms with Gasteiger partial charge in [-0.05, 0) is 54.3 Å². The van der Waals surface area contributed by atoms with Gasteiger partial charge in [-0.1, -0.05) is 101 Å². The molecule has 1 N–H and O–H groups in total. The SMILES string of the molecule is CS(=O)(=O)N(CC(=O)N(Cc1ccc(Br)cc1)C(Cc1ccccc1)C(=O)NC1CCCCC1)c1ccc(Cl)cc1Cl. The number of carbonyl (C=O) groups is 2. The highest BCUT2D eigenvalue weighted by atomic mass is 79.9. The number of hydrogen-bond donors (Lipinski definition) is 1. The van der Waals surface area contributed by atoms with Crippen LogP contribution in [0.4, 0.5) is 5.69 Å². The molecule has 42 heavy (non-hydrogen) atoms. The molecule has 0 aromatic heterocycles. The monoisotopic (exact) mass is 693 g/mol. The highest BCUT2D eigenvalue weighted by Gasteiger charge is 2.34. The minimum absolute atomic E-state index is 0.0366. The average Bonchev–Trinajstić information content (AvgIpc) is 2.95. The predicted octanol–water partition coefficient (Wildman–Crippen LogP) is 6.61. The summed E-state index contributed by atoms with van der Waals surface area (Å²) in [6.07, 6.45) is 6.29. The van der Waals surface area contributed by atoms with Crippen molar-refractivity contribution in [3.8, 4) is 0 Å².